The van der Waals surface area contributed by atoms with Crippen molar-refractivity contribution in [1.29, 1.82) is 0 Å². The second-order valence-corrected chi connectivity index (χ2v) is 3.74. The first-order chi connectivity index (χ1) is 7.58. The fraction of sp³-hybridized carbons (Fsp3) is 0.364. The molecule has 0 saturated heterocycles. The maximum absolute atomic E-state index is 11.3. The highest BCUT2D eigenvalue weighted by atomic mass is 35.5. The molecule has 5 heteroatoms. The van der Waals surface area contributed by atoms with Crippen molar-refractivity contribution >= 4 is 23.2 Å². The van der Waals surface area contributed by atoms with Crippen molar-refractivity contribution < 1.29 is 9.53 Å². The lowest BCUT2D eigenvalue weighted by atomic mass is 10.2. The number of likely N-dealkylation sites (N-methyl/N-ethyl adjacent to an activating group) is 1. The minimum atomic E-state index is -0.309. The molecule has 0 radical (unpaired) electrons. The zero-order valence-electron chi connectivity index (χ0n) is 9.50. The van der Waals surface area contributed by atoms with Crippen LogP contribution in [0, 0.1) is 0 Å². The standard InChI is InChI=1S/C11H15ClN2O2/c1-7(11(15)13-2)14-8-4-5-9(12)10(6-8)16-3/h4-7,14H,1-3H3,(H,13,15). The number of rotatable bonds is 4. The molecule has 1 aromatic carbocycles. The first kappa shape index (κ1) is 12.6. The zero-order valence-corrected chi connectivity index (χ0v) is 10.3. The van der Waals surface area contributed by atoms with E-state index in [1.54, 1.807) is 39.3 Å². The number of carbonyl (C=O) groups excluding carboxylic acids is 1. The number of ether oxygens (including phenoxy) is 1. The molecule has 88 valence electrons. The molecule has 4 nitrogen and oxygen atoms in total. The van der Waals surface area contributed by atoms with Gasteiger partial charge < -0.3 is 15.4 Å². The van der Waals surface area contributed by atoms with Crippen LogP contribution in [0.3, 0.4) is 0 Å². The molecule has 0 aliphatic rings. The summed E-state index contributed by atoms with van der Waals surface area (Å²) in [6, 6.07) is 4.96. The number of methoxy groups -OCH3 is 1. The average molecular weight is 243 g/mol. The molecule has 0 fully saturated rings. The molecule has 0 bridgehead atoms. The summed E-state index contributed by atoms with van der Waals surface area (Å²) >= 11 is 5.89. The van der Waals surface area contributed by atoms with Crippen LogP contribution in [0.1, 0.15) is 6.92 Å². The van der Waals surface area contributed by atoms with Gasteiger partial charge in [0.25, 0.3) is 0 Å². The average Bonchev–Trinajstić information content (AvgIpc) is 2.30. The van der Waals surface area contributed by atoms with Crippen molar-refractivity contribution in [3.8, 4) is 5.75 Å². The number of halogens is 1. The molecule has 0 aliphatic carbocycles. The lowest BCUT2D eigenvalue weighted by Crippen LogP contribution is -2.35. The van der Waals surface area contributed by atoms with Crippen molar-refractivity contribution in [2.45, 2.75) is 13.0 Å². The van der Waals surface area contributed by atoms with Gasteiger partial charge in [0.15, 0.2) is 0 Å². The van der Waals surface area contributed by atoms with Gasteiger partial charge in [-0.3, -0.25) is 4.79 Å². The summed E-state index contributed by atoms with van der Waals surface area (Å²) in [6.07, 6.45) is 0. The Morgan fingerprint density at radius 2 is 2.19 bits per heavy atom. The molecule has 0 heterocycles. The van der Waals surface area contributed by atoms with Crippen LogP contribution in [0.5, 0.6) is 5.75 Å². The van der Waals surface area contributed by atoms with E-state index in [1.165, 1.54) is 0 Å². The van der Waals surface area contributed by atoms with Crippen molar-refractivity contribution in [3.63, 3.8) is 0 Å². The third-order valence-electron chi connectivity index (χ3n) is 2.17. The van der Waals surface area contributed by atoms with Gasteiger partial charge >= 0.3 is 0 Å². The summed E-state index contributed by atoms with van der Waals surface area (Å²) in [6.45, 7) is 1.78. The highest BCUT2D eigenvalue weighted by Crippen LogP contribution is 2.27. The van der Waals surface area contributed by atoms with Crippen LogP contribution in [0.4, 0.5) is 5.69 Å². The predicted molar refractivity (Wildman–Crippen MR) is 65.2 cm³/mol. The van der Waals surface area contributed by atoms with Gasteiger partial charge in [-0.15, -0.1) is 0 Å². The maximum Gasteiger partial charge on any atom is 0.241 e. The van der Waals surface area contributed by atoms with E-state index in [9.17, 15) is 4.79 Å². The van der Waals surface area contributed by atoms with Gasteiger partial charge in [-0.2, -0.15) is 0 Å². The molecule has 1 amide bonds. The summed E-state index contributed by atoms with van der Waals surface area (Å²) in [5, 5.41) is 6.15. The highest BCUT2D eigenvalue weighted by molar-refractivity contribution is 6.32. The zero-order chi connectivity index (χ0) is 12.1. The summed E-state index contributed by atoms with van der Waals surface area (Å²) < 4.78 is 5.08. The largest absolute Gasteiger partial charge is 0.495 e. The number of nitrogens with one attached hydrogen (secondary N) is 2. The Labute approximate surface area is 99.9 Å². The van der Waals surface area contributed by atoms with Crippen LogP contribution in [-0.2, 0) is 4.79 Å². The summed E-state index contributed by atoms with van der Waals surface area (Å²) in [7, 11) is 3.15. The molecular weight excluding hydrogens is 228 g/mol. The van der Waals surface area contributed by atoms with Crippen molar-refractivity contribution in [1.82, 2.24) is 5.32 Å². The van der Waals surface area contributed by atoms with Crippen molar-refractivity contribution in [2.24, 2.45) is 0 Å². The van der Waals surface area contributed by atoms with Crippen molar-refractivity contribution in [2.75, 3.05) is 19.5 Å². The Kier molecular flexibility index (Phi) is 4.43. The number of amides is 1. The molecule has 0 aliphatic heterocycles. The first-order valence-corrected chi connectivity index (χ1v) is 5.28. The summed E-state index contributed by atoms with van der Waals surface area (Å²) in [5.41, 5.74) is 0.789. The van der Waals surface area contributed by atoms with E-state index in [2.05, 4.69) is 10.6 Å². The molecule has 2 N–H and O–H groups in total. The Bertz CT molecular complexity index is 382. The van der Waals surface area contributed by atoms with Gasteiger partial charge in [0.2, 0.25) is 5.91 Å². The highest BCUT2D eigenvalue weighted by Gasteiger charge is 2.11. The van der Waals surface area contributed by atoms with Gasteiger partial charge in [0, 0.05) is 18.8 Å². The van der Waals surface area contributed by atoms with E-state index in [1.807, 2.05) is 0 Å². The quantitative estimate of drug-likeness (QED) is 0.848. The Morgan fingerprint density at radius 3 is 2.75 bits per heavy atom. The molecule has 1 unspecified atom stereocenters. The molecule has 16 heavy (non-hydrogen) atoms. The maximum atomic E-state index is 11.3. The monoisotopic (exact) mass is 242 g/mol. The Balaban J connectivity index is 2.78. The van der Waals surface area contributed by atoms with Crippen LogP contribution < -0.4 is 15.4 Å². The van der Waals surface area contributed by atoms with E-state index in [0.717, 1.165) is 5.69 Å². The lowest BCUT2D eigenvalue weighted by Gasteiger charge is -2.14. The van der Waals surface area contributed by atoms with Crippen molar-refractivity contribution in [3.05, 3.63) is 23.2 Å². The molecular formula is C11H15ClN2O2. The summed E-state index contributed by atoms with van der Waals surface area (Å²) in [5.74, 6) is 0.504. The third kappa shape index (κ3) is 3.03. The fourth-order valence-electron chi connectivity index (χ4n) is 1.28. The van der Waals surface area contributed by atoms with E-state index < -0.39 is 0 Å². The minimum absolute atomic E-state index is 0.0751. The molecule has 0 saturated carbocycles. The van der Waals surface area contributed by atoms with Crippen LogP contribution in [0.15, 0.2) is 18.2 Å². The van der Waals surface area contributed by atoms with Crippen LogP contribution in [0.2, 0.25) is 5.02 Å². The van der Waals surface area contributed by atoms with E-state index in [0.29, 0.717) is 10.8 Å². The number of hydrogen-bond donors (Lipinski definition) is 2. The SMILES string of the molecule is CNC(=O)C(C)Nc1ccc(Cl)c(OC)c1. The molecule has 0 aromatic heterocycles. The number of carbonyl (C=O) groups is 1. The van der Waals surface area contributed by atoms with E-state index in [-0.39, 0.29) is 11.9 Å². The van der Waals surface area contributed by atoms with Gasteiger partial charge in [0.05, 0.1) is 12.1 Å². The van der Waals surface area contributed by atoms with E-state index >= 15 is 0 Å². The molecule has 1 rings (SSSR count). The smallest absolute Gasteiger partial charge is 0.241 e. The predicted octanol–water partition coefficient (Wildman–Crippen LogP) is 1.89. The Hall–Kier alpha value is -1.42. The normalized spacial score (nSPS) is 11.8. The molecule has 1 aromatic rings. The minimum Gasteiger partial charge on any atom is -0.495 e. The van der Waals surface area contributed by atoms with Crippen LogP contribution >= 0.6 is 11.6 Å². The fourth-order valence-corrected chi connectivity index (χ4v) is 1.48. The second kappa shape index (κ2) is 5.61. The van der Waals surface area contributed by atoms with Gasteiger partial charge in [-0.25, -0.2) is 0 Å². The topological polar surface area (TPSA) is 50.4 Å². The molecule has 0 spiro atoms. The lowest BCUT2D eigenvalue weighted by molar-refractivity contribution is -0.121. The van der Waals surface area contributed by atoms with E-state index in [4.69, 9.17) is 16.3 Å². The van der Waals surface area contributed by atoms with Crippen LogP contribution in [-0.4, -0.2) is 26.1 Å². The number of benzene rings is 1. The third-order valence-corrected chi connectivity index (χ3v) is 2.49. The van der Waals surface area contributed by atoms with Gasteiger partial charge in [-0.1, -0.05) is 11.6 Å². The van der Waals surface area contributed by atoms with Gasteiger partial charge in [0.1, 0.15) is 11.8 Å². The number of anilines is 1. The molecule has 1 atom stereocenters. The van der Waals surface area contributed by atoms with Crippen LogP contribution in [0.25, 0.3) is 0 Å². The van der Waals surface area contributed by atoms with Gasteiger partial charge in [-0.05, 0) is 19.1 Å². The Morgan fingerprint density at radius 1 is 1.50 bits per heavy atom. The number of hydrogen-bond acceptors (Lipinski definition) is 3. The second-order valence-electron chi connectivity index (χ2n) is 3.33. The summed E-state index contributed by atoms with van der Waals surface area (Å²) in [4.78, 5) is 11.3. The first-order valence-electron chi connectivity index (χ1n) is 4.90.